The van der Waals surface area contributed by atoms with Crippen LogP contribution < -0.4 is 16.4 Å². The summed E-state index contributed by atoms with van der Waals surface area (Å²) in [6, 6.07) is 4.31. The van der Waals surface area contributed by atoms with E-state index in [-0.39, 0.29) is 11.8 Å². The van der Waals surface area contributed by atoms with Crippen LogP contribution in [0.15, 0.2) is 18.2 Å². The molecule has 0 aliphatic rings. The van der Waals surface area contributed by atoms with Crippen molar-refractivity contribution in [3.8, 4) is 0 Å². The number of hydrogen-bond acceptors (Lipinski definition) is 3. The summed E-state index contributed by atoms with van der Waals surface area (Å²) in [5.41, 5.74) is 6.64. The van der Waals surface area contributed by atoms with Gasteiger partial charge in [0.25, 0.3) is 0 Å². The number of nitrogens with two attached hydrogens (primary N) is 1. The molecule has 0 saturated carbocycles. The zero-order valence-electron chi connectivity index (χ0n) is 11.0. The zero-order chi connectivity index (χ0) is 14.4. The molecule has 0 bridgehead atoms. The van der Waals surface area contributed by atoms with Gasteiger partial charge in [-0.3, -0.25) is 9.59 Å². The Morgan fingerprint density at radius 3 is 2.58 bits per heavy atom. The molecule has 0 aliphatic heterocycles. The second-order valence-corrected chi connectivity index (χ2v) is 4.51. The van der Waals surface area contributed by atoms with Gasteiger partial charge in [0.15, 0.2) is 0 Å². The molecule has 0 spiro atoms. The minimum absolute atomic E-state index is 0.107. The number of benzene rings is 1. The van der Waals surface area contributed by atoms with Crippen LogP contribution in [0, 0.1) is 0 Å². The van der Waals surface area contributed by atoms with Crippen LogP contribution in [0.5, 0.6) is 0 Å². The van der Waals surface area contributed by atoms with Crippen molar-refractivity contribution in [2.24, 2.45) is 5.73 Å². The van der Waals surface area contributed by atoms with E-state index < -0.39 is 6.04 Å². The van der Waals surface area contributed by atoms with Crippen molar-refractivity contribution in [2.75, 3.05) is 10.6 Å². The summed E-state index contributed by atoms with van der Waals surface area (Å²) in [6.45, 7) is 3.58. The molecule has 4 N–H and O–H groups in total. The van der Waals surface area contributed by atoms with Gasteiger partial charge in [-0.05, 0) is 24.6 Å². The van der Waals surface area contributed by atoms with Crippen LogP contribution in [0.3, 0.4) is 0 Å². The third kappa shape index (κ3) is 4.54. The fourth-order valence-corrected chi connectivity index (χ4v) is 1.52. The first kappa shape index (κ1) is 15.5. The molecule has 2 amide bonds. The number of hydrogen-bond donors (Lipinski definition) is 3. The first-order chi connectivity index (χ1) is 8.97. The van der Waals surface area contributed by atoms with Crippen molar-refractivity contribution >= 4 is 34.8 Å². The van der Waals surface area contributed by atoms with E-state index in [4.69, 9.17) is 17.3 Å². The molecule has 0 saturated heterocycles. The second-order valence-electron chi connectivity index (χ2n) is 4.10. The van der Waals surface area contributed by atoms with Gasteiger partial charge in [-0.1, -0.05) is 25.4 Å². The summed E-state index contributed by atoms with van der Waals surface area (Å²) >= 11 is 5.99. The lowest BCUT2D eigenvalue weighted by atomic mass is 10.2. The van der Waals surface area contributed by atoms with Crippen LogP contribution in [0.4, 0.5) is 11.4 Å². The molecular weight excluding hydrogens is 266 g/mol. The Balaban J connectivity index is 2.85. The normalized spacial score (nSPS) is 11.8. The number of anilines is 2. The molecule has 6 heteroatoms. The molecule has 104 valence electrons. The van der Waals surface area contributed by atoms with E-state index in [1.54, 1.807) is 25.1 Å². The second kappa shape index (κ2) is 7.11. The summed E-state index contributed by atoms with van der Waals surface area (Å²) in [4.78, 5) is 23.0. The average Bonchev–Trinajstić information content (AvgIpc) is 2.41. The van der Waals surface area contributed by atoms with Crippen molar-refractivity contribution in [3.05, 3.63) is 23.2 Å². The van der Waals surface area contributed by atoms with Crippen molar-refractivity contribution in [1.29, 1.82) is 0 Å². The maximum absolute atomic E-state index is 11.7. The van der Waals surface area contributed by atoms with E-state index in [0.29, 0.717) is 29.2 Å². The minimum Gasteiger partial charge on any atom is -0.326 e. The van der Waals surface area contributed by atoms with Gasteiger partial charge in [0.1, 0.15) is 0 Å². The van der Waals surface area contributed by atoms with E-state index in [1.165, 1.54) is 0 Å². The monoisotopic (exact) mass is 283 g/mol. The summed E-state index contributed by atoms with van der Waals surface area (Å²) in [7, 11) is 0. The van der Waals surface area contributed by atoms with Gasteiger partial charge in [0.05, 0.1) is 16.8 Å². The molecule has 1 rings (SSSR count). The summed E-state index contributed by atoms with van der Waals surface area (Å²) in [6.07, 6.45) is 0.917. The van der Waals surface area contributed by atoms with Crippen molar-refractivity contribution in [1.82, 2.24) is 0 Å². The predicted octanol–water partition coefficient (Wildman–Crippen LogP) is 2.36. The highest BCUT2D eigenvalue weighted by Crippen LogP contribution is 2.25. The van der Waals surface area contributed by atoms with Crippen molar-refractivity contribution in [3.63, 3.8) is 0 Å². The Bertz CT molecular complexity index is 477. The van der Waals surface area contributed by atoms with E-state index in [9.17, 15) is 9.59 Å². The van der Waals surface area contributed by atoms with Crippen LogP contribution in [0.2, 0.25) is 5.02 Å². The first-order valence-electron chi connectivity index (χ1n) is 6.13. The van der Waals surface area contributed by atoms with Crippen LogP contribution in [-0.2, 0) is 9.59 Å². The largest absolute Gasteiger partial charge is 0.326 e. The summed E-state index contributed by atoms with van der Waals surface area (Å²) in [5, 5.41) is 5.74. The smallest absolute Gasteiger partial charge is 0.241 e. The highest BCUT2D eigenvalue weighted by molar-refractivity contribution is 6.34. The lowest BCUT2D eigenvalue weighted by Gasteiger charge is -2.13. The van der Waals surface area contributed by atoms with Gasteiger partial charge in [0.2, 0.25) is 11.8 Å². The maximum atomic E-state index is 11.7. The molecular formula is C13H18ClN3O2. The van der Waals surface area contributed by atoms with Gasteiger partial charge < -0.3 is 16.4 Å². The van der Waals surface area contributed by atoms with Crippen LogP contribution in [0.25, 0.3) is 0 Å². The SMILES string of the molecule is CCC(=O)Nc1ccc(Cl)c(NC(=O)C(N)CC)c1. The molecule has 0 radical (unpaired) electrons. The Kier molecular flexibility index (Phi) is 5.79. The Hall–Kier alpha value is -1.59. The quantitative estimate of drug-likeness (QED) is 0.775. The van der Waals surface area contributed by atoms with Crippen LogP contribution in [0.1, 0.15) is 26.7 Å². The predicted molar refractivity (Wildman–Crippen MR) is 77.3 cm³/mol. The number of carbonyl (C=O) groups excluding carboxylic acids is 2. The molecule has 1 unspecified atom stereocenters. The zero-order valence-corrected chi connectivity index (χ0v) is 11.8. The molecule has 19 heavy (non-hydrogen) atoms. The first-order valence-corrected chi connectivity index (χ1v) is 6.51. The van der Waals surface area contributed by atoms with E-state index in [0.717, 1.165) is 0 Å². The number of amides is 2. The summed E-state index contributed by atoms with van der Waals surface area (Å²) in [5.74, 6) is -0.409. The Morgan fingerprint density at radius 1 is 1.32 bits per heavy atom. The minimum atomic E-state index is -0.579. The van der Waals surface area contributed by atoms with Gasteiger partial charge in [-0.15, -0.1) is 0 Å². The van der Waals surface area contributed by atoms with Gasteiger partial charge in [-0.25, -0.2) is 0 Å². The van der Waals surface area contributed by atoms with E-state index >= 15 is 0 Å². The molecule has 0 aliphatic carbocycles. The molecule has 0 heterocycles. The highest BCUT2D eigenvalue weighted by Gasteiger charge is 2.13. The Morgan fingerprint density at radius 2 is 2.00 bits per heavy atom. The number of carbonyl (C=O) groups is 2. The topological polar surface area (TPSA) is 84.2 Å². The van der Waals surface area contributed by atoms with E-state index in [1.807, 2.05) is 6.92 Å². The van der Waals surface area contributed by atoms with Crippen molar-refractivity contribution in [2.45, 2.75) is 32.7 Å². The van der Waals surface area contributed by atoms with Gasteiger partial charge >= 0.3 is 0 Å². The number of halogens is 1. The van der Waals surface area contributed by atoms with Crippen LogP contribution in [-0.4, -0.2) is 17.9 Å². The molecule has 1 aromatic rings. The molecule has 1 aromatic carbocycles. The van der Waals surface area contributed by atoms with Gasteiger partial charge in [0, 0.05) is 12.1 Å². The third-order valence-electron chi connectivity index (χ3n) is 2.61. The molecule has 1 atom stereocenters. The number of rotatable bonds is 5. The van der Waals surface area contributed by atoms with Crippen molar-refractivity contribution < 1.29 is 9.59 Å². The fourth-order valence-electron chi connectivity index (χ4n) is 1.36. The third-order valence-corrected chi connectivity index (χ3v) is 2.94. The highest BCUT2D eigenvalue weighted by atomic mass is 35.5. The van der Waals surface area contributed by atoms with Gasteiger partial charge in [-0.2, -0.15) is 0 Å². The van der Waals surface area contributed by atoms with Crippen LogP contribution >= 0.6 is 11.6 Å². The fraction of sp³-hybridized carbons (Fsp3) is 0.385. The standard InChI is InChI=1S/C13H18ClN3O2/c1-3-10(15)13(19)17-11-7-8(5-6-9(11)14)16-12(18)4-2/h5-7,10H,3-4,15H2,1-2H3,(H,16,18)(H,17,19). The number of nitrogens with one attached hydrogen (secondary N) is 2. The average molecular weight is 284 g/mol. The molecule has 0 aromatic heterocycles. The molecule has 5 nitrogen and oxygen atoms in total. The maximum Gasteiger partial charge on any atom is 0.241 e. The lowest BCUT2D eigenvalue weighted by molar-refractivity contribution is -0.117. The lowest BCUT2D eigenvalue weighted by Crippen LogP contribution is -2.34. The van der Waals surface area contributed by atoms with E-state index in [2.05, 4.69) is 10.6 Å². The Labute approximate surface area is 117 Å². The summed E-state index contributed by atoms with van der Waals surface area (Å²) < 4.78 is 0. The molecule has 0 fully saturated rings.